The van der Waals surface area contributed by atoms with Crippen molar-refractivity contribution in [2.24, 2.45) is 0 Å². The van der Waals surface area contributed by atoms with Gasteiger partial charge in [-0.1, -0.05) is 11.2 Å². The van der Waals surface area contributed by atoms with E-state index in [0.29, 0.717) is 11.5 Å². The van der Waals surface area contributed by atoms with Crippen molar-refractivity contribution in [3.8, 4) is 11.5 Å². The molecule has 0 saturated heterocycles. The number of aryl methyl sites for hydroxylation is 1. The van der Waals surface area contributed by atoms with Crippen molar-refractivity contribution in [1.82, 2.24) is 15.1 Å². The summed E-state index contributed by atoms with van der Waals surface area (Å²) < 4.78 is 4.64. The zero-order valence-electron chi connectivity index (χ0n) is 7.06. The van der Waals surface area contributed by atoms with Crippen LogP contribution in [0.5, 0.6) is 0 Å². The molecule has 66 valence electrons. The number of anilines is 1. The Morgan fingerprint density at radius 2 is 2.15 bits per heavy atom. The van der Waals surface area contributed by atoms with Gasteiger partial charge in [-0.05, 0) is 19.1 Å². The molecule has 2 N–H and O–H groups in total. The largest absolute Gasteiger partial charge is 0.351 e. The molecular weight excluding hydrogens is 168 g/mol. The molecule has 0 fully saturated rings. The van der Waals surface area contributed by atoms with Crippen LogP contribution in [0.3, 0.4) is 0 Å². The molecule has 0 saturated carbocycles. The van der Waals surface area contributed by atoms with Crippen molar-refractivity contribution in [3.05, 3.63) is 23.9 Å². The van der Waals surface area contributed by atoms with Crippen molar-refractivity contribution in [2.45, 2.75) is 6.92 Å². The third-order valence-electron chi connectivity index (χ3n) is 1.56. The van der Waals surface area contributed by atoms with Crippen molar-refractivity contribution >= 4 is 6.01 Å². The normalized spacial score (nSPS) is 10.2. The highest BCUT2D eigenvalue weighted by molar-refractivity contribution is 5.49. The summed E-state index contributed by atoms with van der Waals surface area (Å²) in [5, 5.41) is 3.65. The lowest BCUT2D eigenvalue weighted by Crippen LogP contribution is -1.88. The first kappa shape index (κ1) is 7.72. The van der Waals surface area contributed by atoms with Gasteiger partial charge in [-0.25, -0.2) is 4.98 Å². The molecule has 0 unspecified atom stereocenters. The topological polar surface area (TPSA) is 77.8 Å². The number of nitrogens with zero attached hydrogens (tertiary/aromatic N) is 3. The van der Waals surface area contributed by atoms with Crippen molar-refractivity contribution in [3.63, 3.8) is 0 Å². The van der Waals surface area contributed by atoms with E-state index in [1.54, 1.807) is 6.07 Å². The molecule has 0 aliphatic carbocycles. The lowest BCUT2D eigenvalue weighted by atomic mass is 10.3. The molecule has 0 aromatic carbocycles. The Hall–Kier alpha value is -1.91. The number of nitrogens with two attached hydrogens (primary N) is 1. The molecule has 5 heteroatoms. The molecule has 13 heavy (non-hydrogen) atoms. The van der Waals surface area contributed by atoms with E-state index < -0.39 is 0 Å². The van der Waals surface area contributed by atoms with Gasteiger partial charge in [0, 0.05) is 5.69 Å². The predicted octanol–water partition coefficient (Wildman–Crippen LogP) is 1.02. The number of pyridine rings is 1. The molecule has 0 atom stereocenters. The van der Waals surface area contributed by atoms with Crippen LogP contribution in [0.4, 0.5) is 6.01 Å². The number of hydrogen-bond donors (Lipinski definition) is 1. The van der Waals surface area contributed by atoms with Gasteiger partial charge >= 0.3 is 6.01 Å². The minimum absolute atomic E-state index is 0.0540. The van der Waals surface area contributed by atoms with Gasteiger partial charge in [0.1, 0.15) is 5.69 Å². The molecule has 0 spiro atoms. The van der Waals surface area contributed by atoms with E-state index in [2.05, 4.69) is 19.6 Å². The van der Waals surface area contributed by atoms with Gasteiger partial charge in [0.15, 0.2) is 0 Å². The third kappa shape index (κ3) is 1.48. The monoisotopic (exact) mass is 176 g/mol. The van der Waals surface area contributed by atoms with Crippen molar-refractivity contribution in [2.75, 3.05) is 5.73 Å². The van der Waals surface area contributed by atoms with E-state index in [-0.39, 0.29) is 6.01 Å². The summed E-state index contributed by atoms with van der Waals surface area (Å²) in [5.74, 6) is 0.418. The van der Waals surface area contributed by atoms with E-state index in [1.807, 2.05) is 19.1 Å². The fraction of sp³-hybridized carbons (Fsp3) is 0.125. The van der Waals surface area contributed by atoms with E-state index in [0.717, 1.165) is 5.69 Å². The average molecular weight is 176 g/mol. The van der Waals surface area contributed by atoms with Crippen LogP contribution >= 0.6 is 0 Å². The summed E-state index contributed by atoms with van der Waals surface area (Å²) in [6, 6.07) is 5.63. The minimum atomic E-state index is 0.0540. The number of nitrogen functional groups attached to an aromatic ring is 1. The van der Waals surface area contributed by atoms with Crippen LogP contribution in [0, 0.1) is 6.92 Å². The molecule has 0 amide bonds. The highest BCUT2D eigenvalue weighted by Gasteiger charge is 2.06. The quantitative estimate of drug-likeness (QED) is 0.701. The van der Waals surface area contributed by atoms with E-state index in [1.165, 1.54) is 0 Å². The van der Waals surface area contributed by atoms with Crippen molar-refractivity contribution in [1.29, 1.82) is 0 Å². The summed E-state index contributed by atoms with van der Waals surface area (Å²) in [6.07, 6.45) is 0. The Balaban J connectivity index is 2.46. The molecule has 0 radical (unpaired) electrons. The standard InChI is InChI=1S/C8H8N4O/c1-5-3-2-4-6(10-5)7-11-8(9)13-12-7/h2-4H,1H3,(H2,9,11,12). The fourth-order valence-electron chi connectivity index (χ4n) is 1.01. The summed E-state index contributed by atoms with van der Waals surface area (Å²) in [7, 11) is 0. The minimum Gasteiger partial charge on any atom is -0.351 e. The van der Waals surface area contributed by atoms with Crippen LogP contribution in [0.25, 0.3) is 11.5 Å². The molecule has 5 nitrogen and oxygen atoms in total. The van der Waals surface area contributed by atoms with Gasteiger partial charge in [-0.2, -0.15) is 4.98 Å². The molecule has 2 aromatic rings. The van der Waals surface area contributed by atoms with E-state index >= 15 is 0 Å². The third-order valence-corrected chi connectivity index (χ3v) is 1.56. The number of aromatic nitrogens is 3. The van der Waals surface area contributed by atoms with Crippen LogP contribution < -0.4 is 5.73 Å². The second-order valence-electron chi connectivity index (χ2n) is 2.62. The van der Waals surface area contributed by atoms with Gasteiger partial charge in [0.25, 0.3) is 0 Å². The summed E-state index contributed by atoms with van der Waals surface area (Å²) in [5.41, 5.74) is 6.86. The zero-order chi connectivity index (χ0) is 9.26. The maximum absolute atomic E-state index is 5.29. The van der Waals surface area contributed by atoms with Crippen LogP contribution in [-0.2, 0) is 0 Å². The molecule has 0 bridgehead atoms. The summed E-state index contributed by atoms with van der Waals surface area (Å²) >= 11 is 0. The Kier molecular flexibility index (Phi) is 1.70. The summed E-state index contributed by atoms with van der Waals surface area (Å²) in [6.45, 7) is 1.90. The van der Waals surface area contributed by atoms with Crippen LogP contribution in [0.2, 0.25) is 0 Å². The first-order valence-corrected chi connectivity index (χ1v) is 3.79. The zero-order valence-corrected chi connectivity index (χ0v) is 7.06. The second-order valence-corrected chi connectivity index (χ2v) is 2.62. The van der Waals surface area contributed by atoms with Crippen LogP contribution in [0.15, 0.2) is 22.7 Å². The first-order chi connectivity index (χ1) is 6.25. The van der Waals surface area contributed by atoms with Crippen molar-refractivity contribution < 1.29 is 4.52 Å². The first-order valence-electron chi connectivity index (χ1n) is 3.79. The highest BCUT2D eigenvalue weighted by atomic mass is 16.5. The molecule has 0 aliphatic heterocycles. The van der Waals surface area contributed by atoms with Gasteiger partial charge in [-0.15, -0.1) is 0 Å². The van der Waals surface area contributed by atoms with Gasteiger partial charge in [0.2, 0.25) is 5.82 Å². The van der Waals surface area contributed by atoms with Gasteiger partial charge in [0.05, 0.1) is 0 Å². The number of hydrogen-bond acceptors (Lipinski definition) is 5. The molecular formula is C8H8N4O. The number of rotatable bonds is 1. The van der Waals surface area contributed by atoms with Crippen LogP contribution in [0.1, 0.15) is 5.69 Å². The second kappa shape index (κ2) is 2.85. The van der Waals surface area contributed by atoms with E-state index in [9.17, 15) is 0 Å². The Labute approximate surface area is 74.6 Å². The van der Waals surface area contributed by atoms with Gasteiger partial charge < -0.3 is 10.3 Å². The Morgan fingerprint density at radius 3 is 2.77 bits per heavy atom. The fourth-order valence-corrected chi connectivity index (χ4v) is 1.01. The smallest absolute Gasteiger partial charge is 0.319 e. The van der Waals surface area contributed by atoms with Gasteiger partial charge in [-0.3, -0.25) is 0 Å². The Morgan fingerprint density at radius 1 is 1.31 bits per heavy atom. The SMILES string of the molecule is Cc1cccc(-c2noc(N)n2)n1. The van der Waals surface area contributed by atoms with Crippen LogP contribution in [-0.4, -0.2) is 15.1 Å². The lowest BCUT2D eigenvalue weighted by Gasteiger charge is -1.93. The Bertz CT molecular complexity index is 424. The lowest BCUT2D eigenvalue weighted by molar-refractivity contribution is 0.436. The summed E-state index contributed by atoms with van der Waals surface area (Å²) in [4.78, 5) is 8.08. The molecule has 0 aliphatic rings. The maximum Gasteiger partial charge on any atom is 0.319 e. The molecule has 2 rings (SSSR count). The average Bonchev–Trinajstić information content (AvgIpc) is 2.52. The predicted molar refractivity (Wildman–Crippen MR) is 46.7 cm³/mol. The molecule has 2 aromatic heterocycles. The maximum atomic E-state index is 5.29. The highest BCUT2D eigenvalue weighted by Crippen LogP contribution is 2.13. The van der Waals surface area contributed by atoms with E-state index in [4.69, 9.17) is 5.73 Å². The molecule has 2 heterocycles.